The van der Waals surface area contributed by atoms with Crippen LogP contribution < -0.4 is 5.32 Å². The average molecular weight is 343 g/mol. The molecule has 1 saturated carbocycles. The van der Waals surface area contributed by atoms with Crippen molar-refractivity contribution >= 4 is 34.2 Å². The summed E-state index contributed by atoms with van der Waals surface area (Å²) < 4.78 is 1.16. The molecule has 2 rings (SSSR count). The first-order valence-electron chi connectivity index (χ1n) is 6.24. The van der Waals surface area contributed by atoms with E-state index in [1.807, 2.05) is 13.0 Å². The van der Waals surface area contributed by atoms with E-state index in [1.54, 1.807) is 0 Å². The highest BCUT2D eigenvalue weighted by Crippen LogP contribution is 2.26. The number of hydrogen-bond donors (Lipinski definition) is 1. The topological polar surface area (TPSA) is 29.1 Å². The predicted octanol–water partition coefficient (Wildman–Crippen LogP) is 4.12. The van der Waals surface area contributed by atoms with Gasteiger partial charge in [0, 0.05) is 15.2 Å². The van der Waals surface area contributed by atoms with Crippen molar-refractivity contribution in [1.82, 2.24) is 0 Å². The van der Waals surface area contributed by atoms with Crippen molar-refractivity contribution in [2.75, 3.05) is 5.32 Å². The maximum Gasteiger partial charge on any atom is 0.227 e. The van der Waals surface area contributed by atoms with Crippen molar-refractivity contribution in [1.29, 1.82) is 0 Å². The molecular weight excluding hydrogens is 325 g/mol. The Labute approximate surface area is 116 Å². The number of carbonyl (C=O) groups excluding carboxylic acids is 1. The molecule has 0 unspecified atom stereocenters. The summed E-state index contributed by atoms with van der Waals surface area (Å²) in [7, 11) is 0. The van der Waals surface area contributed by atoms with Crippen LogP contribution in [0.1, 0.15) is 37.7 Å². The third kappa shape index (κ3) is 3.44. The van der Waals surface area contributed by atoms with Gasteiger partial charge in [-0.3, -0.25) is 4.79 Å². The fourth-order valence-electron chi connectivity index (χ4n) is 2.33. The van der Waals surface area contributed by atoms with Crippen molar-refractivity contribution < 1.29 is 4.79 Å². The number of halogens is 1. The number of amides is 1. The van der Waals surface area contributed by atoms with Gasteiger partial charge in [0.05, 0.1) is 0 Å². The van der Waals surface area contributed by atoms with E-state index in [-0.39, 0.29) is 11.8 Å². The zero-order chi connectivity index (χ0) is 12.3. The Bertz CT molecular complexity index is 411. The summed E-state index contributed by atoms with van der Waals surface area (Å²) in [4.78, 5) is 12.1. The molecule has 1 N–H and O–H groups in total. The monoisotopic (exact) mass is 343 g/mol. The number of nitrogens with one attached hydrogen (secondary N) is 1. The molecule has 0 heterocycles. The van der Waals surface area contributed by atoms with Crippen LogP contribution >= 0.6 is 22.6 Å². The van der Waals surface area contributed by atoms with Gasteiger partial charge < -0.3 is 5.32 Å². The fraction of sp³-hybridized carbons (Fsp3) is 0.500. The summed E-state index contributed by atoms with van der Waals surface area (Å²) in [6.45, 7) is 2.03. The van der Waals surface area contributed by atoms with Gasteiger partial charge in [0.2, 0.25) is 5.91 Å². The lowest BCUT2D eigenvalue weighted by atomic mass is 9.88. The van der Waals surface area contributed by atoms with Gasteiger partial charge in [-0.05, 0) is 60.1 Å². The molecule has 0 aliphatic heterocycles. The molecule has 1 aliphatic carbocycles. The molecule has 3 heteroatoms. The summed E-state index contributed by atoms with van der Waals surface area (Å²) in [5.41, 5.74) is 2.10. The quantitative estimate of drug-likeness (QED) is 0.805. The molecule has 0 saturated heterocycles. The number of carbonyl (C=O) groups is 1. The standard InChI is InChI=1S/C14H18INO/c1-10-7-8-12(15)9-13(10)16-14(17)11-5-3-2-4-6-11/h7-9,11H,2-6H2,1H3,(H,16,17). The molecule has 0 atom stereocenters. The molecule has 1 aromatic carbocycles. The SMILES string of the molecule is Cc1ccc(I)cc1NC(=O)C1CCCCC1. The Balaban J connectivity index is 2.04. The Morgan fingerprint density at radius 2 is 2.00 bits per heavy atom. The number of anilines is 1. The second kappa shape index (κ2) is 5.85. The highest BCUT2D eigenvalue weighted by atomic mass is 127. The highest BCUT2D eigenvalue weighted by Gasteiger charge is 2.21. The van der Waals surface area contributed by atoms with Crippen LogP contribution in [0.15, 0.2) is 18.2 Å². The van der Waals surface area contributed by atoms with Gasteiger partial charge in [-0.25, -0.2) is 0 Å². The molecule has 0 radical (unpaired) electrons. The molecule has 0 bridgehead atoms. The molecule has 0 aromatic heterocycles. The number of benzene rings is 1. The van der Waals surface area contributed by atoms with E-state index >= 15 is 0 Å². The van der Waals surface area contributed by atoms with E-state index in [0.29, 0.717) is 0 Å². The Kier molecular flexibility index (Phi) is 4.42. The van der Waals surface area contributed by atoms with Crippen molar-refractivity contribution in [2.45, 2.75) is 39.0 Å². The first-order valence-corrected chi connectivity index (χ1v) is 7.32. The Morgan fingerprint density at radius 1 is 1.29 bits per heavy atom. The normalized spacial score (nSPS) is 16.8. The smallest absolute Gasteiger partial charge is 0.227 e. The minimum atomic E-state index is 0.204. The molecule has 0 spiro atoms. The minimum Gasteiger partial charge on any atom is -0.326 e. The zero-order valence-electron chi connectivity index (χ0n) is 10.1. The highest BCUT2D eigenvalue weighted by molar-refractivity contribution is 14.1. The Morgan fingerprint density at radius 3 is 2.71 bits per heavy atom. The molecule has 17 heavy (non-hydrogen) atoms. The molecule has 2 nitrogen and oxygen atoms in total. The van der Waals surface area contributed by atoms with E-state index < -0.39 is 0 Å². The van der Waals surface area contributed by atoms with Crippen LogP contribution in [0.4, 0.5) is 5.69 Å². The lowest BCUT2D eigenvalue weighted by molar-refractivity contribution is -0.120. The van der Waals surface area contributed by atoms with Gasteiger partial charge in [-0.15, -0.1) is 0 Å². The summed E-state index contributed by atoms with van der Waals surface area (Å²) in [5.74, 6) is 0.427. The van der Waals surface area contributed by atoms with E-state index in [9.17, 15) is 4.79 Å². The number of aryl methyl sites for hydroxylation is 1. The fourth-order valence-corrected chi connectivity index (χ4v) is 2.82. The number of rotatable bonds is 2. The second-order valence-electron chi connectivity index (χ2n) is 4.78. The van der Waals surface area contributed by atoms with Crippen LogP contribution in [0.5, 0.6) is 0 Å². The largest absolute Gasteiger partial charge is 0.326 e. The van der Waals surface area contributed by atoms with E-state index in [2.05, 4.69) is 40.0 Å². The number of hydrogen-bond acceptors (Lipinski definition) is 1. The first-order chi connectivity index (χ1) is 8.16. The van der Waals surface area contributed by atoms with Gasteiger partial charge in [0.15, 0.2) is 0 Å². The zero-order valence-corrected chi connectivity index (χ0v) is 12.3. The third-order valence-electron chi connectivity index (χ3n) is 3.43. The van der Waals surface area contributed by atoms with Crippen LogP contribution in [0.3, 0.4) is 0 Å². The van der Waals surface area contributed by atoms with Crippen molar-refractivity contribution in [2.24, 2.45) is 5.92 Å². The van der Waals surface area contributed by atoms with Crippen LogP contribution in [0, 0.1) is 16.4 Å². The predicted molar refractivity (Wildman–Crippen MR) is 79.1 cm³/mol. The van der Waals surface area contributed by atoms with Crippen LogP contribution in [-0.2, 0) is 4.79 Å². The average Bonchev–Trinajstić information content (AvgIpc) is 2.35. The second-order valence-corrected chi connectivity index (χ2v) is 6.03. The molecule has 92 valence electrons. The van der Waals surface area contributed by atoms with Gasteiger partial charge in [0.1, 0.15) is 0 Å². The molecule has 1 fully saturated rings. The lowest BCUT2D eigenvalue weighted by Crippen LogP contribution is -2.25. The first kappa shape index (κ1) is 12.9. The van der Waals surface area contributed by atoms with Crippen LogP contribution in [0.25, 0.3) is 0 Å². The maximum absolute atomic E-state index is 12.1. The maximum atomic E-state index is 12.1. The minimum absolute atomic E-state index is 0.204. The molecule has 1 aromatic rings. The van der Waals surface area contributed by atoms with Gasteiger partial charge in [0.25, 0.3) is 0 Å². The molecular formula is C14H18INO. The molecule has 1 aliphatic rings. The van der Waals surface area contributed by atoms with Crippen LogP contribution in [0.2, 0.25) is 0 Å². The summed E-state index contributed by atoms with van der Waals surface area (Å²) >= 11 is 2.27. The van der Waals surface area contributed by atoms with Crippen LogP contribution in [-0.4, -0.2) is 5.91 Å². The van der Waals surface area contributed by atoms with Gasteiger partial charge in [-0.1, -0.05) is 25.3 Å². The van der Waals surface area contributed by atoms with Crippen molar-refractivity contribution in [3.05, 3.63) is 27.3 Å². The molecule has 1 amide bonds. The Hall–Kier alpha value is -0.580. The van der Waals surface area contributed by atoms with Gasteiger partial charge in [-0.2, -0.15) is 0 Å². The lowest BCUT2D eigenvalue weighted by Gasteiger charge is -2.21. The van der Waals surface area contributed by atoms with Crippen molar-refractivity contribution in [3.63, 3.8) is 0 Å². The van der Waals surface area contributed by atoms with Crippen molar-refractivity contribution in [3.8, 4) is 0 Å². The summed E-state index contributed by atoms with van der Waals surface area (Å²) in [6, 6.07) is 6.15. The van der Waals surface area contributed by atoms with E-state index in [4.69, 9.17) is 0 Å². The van der Waals surface area contributed by atoms with E-state index in [1.165, 1.54) is 19.3 Å². The third-order valence-corrected chi connectivity index (χ3v) is 4.10. The summed E-state index contributed by atoms with van der Waals surface area (Å²) in [5, 5.41) is 3.08. The van der Waals surface area contributed by atoms with E-state index in [0.717, 1.165) is 27.7 Å². The summed E-state index contributed by atoms with van der Waals surface area (Å²) in [6.07, 6.45) is 5.78. The van der Waals surface area contributed by atoms with Gasteiger partial charge >= 0.3 is 0 Å².